The Morgan fingerprint density at radius 1 is 1.67 bits per heavy atom. The molecule has 0 aromatic rings. The molecule has 0 spiro atoms. The van der Waals surface area contributed by atoms with Gasteiger partial charge in [-0.2, -0.15) is 8.78 Å². The highest BCUT2D eigenvalue weighted by Crippen LogP contribution is 2.30. The van der Waals surface area contributed by atoms with Gasteiger partial charge in [-0.15, -0.1) is 0 Å². The van der Waals surface area contributed by atoms with Crippen LogP contribution in [-0.2, 0) is 14.3 Å². The van der Waals surface area contributed by atoms with Crippen LogP contribution in [-0.4, -0.2) is 44.8 Å². The van der Waals surface area contributed by atoms with E-state index in [2.05, 4.69) is 10.1 Å². The fraction of sp³-hybridized carbons (Fsp3) is 0.889. The molecule has 0 radical (unpaired) electrons. The molecule has 1 unspecified atom stereocenters. The lowest BCUT2D eigenvalue weighted by Crippen LogP contribution is -2.28. The summed E-state index contributed by atoms with van der Waals surface area (Å²) < 4.78 is 34.7. The lowest BCUT2D eigenvalue weighted by atomic mass is 10.2. The van der Waals surface area contributed by atoms with Crippen LogP contribution in [0.2, 0.25) is 0 Å². The van der Waals surface area contributed by atoms with Crippen LogP contribution in [0, 0.1) is 0 Å². The number of rotatable bonds is 6. The molecule has 0 aromatic heterocycles. The third kappa shape index (κ3) is 3.71. The largest absolute Gasteiger partial charge is 0.456 e. The van der Waals surface area contributed by atoms with Crippen LogP contribution in [0.1, 0.15) is 12.8 Å². The molecule has 0 saturated carbocycles. The second-order valence-electron chi connectivity index (χ2n) is 3.49. The molecule has 1 aliphatic rings. The second-order valence-corrected chi connectivity index (χ2v) is 3.49. The fourth-order valence-electron chi connectivity index (χ4n) is 1.37. The first kappa shape index (κ1) is 12.3. The fourth-order valence-corrected chi connectivity index (χ4v) is 1.37. The summed E-state index contributed by atoms with van der Waals surface area (Å²) in [5.74, 6) is -4.72. The van der Waals surface area contributed by atoms with Gasteiger partial charge >= 0.3 is 11.9 Å². The number of carbonyl (C=O) groups is 1. The maximum absolute atomic E-state index is 12.7. The average Bonchev–Trinajstić information content (AvgIpc) is 2.40. The Morgan fingerprint density at radius 2 is 2.40 bits per heavy atom. The highest BCUT2D eigenvalue weighted by Gasteiger charge is 2.50. The lowest BCUT2D eigenvalue weighted by Gasteiger charge is -2.09. The molecule has 1 heterocycles. The molecule has 6 heteroatoms. The first-order valence-electron chi connectivity index (χ1n) is 4.85. The van der Waals surface area contributed by atoms with Gasteiger partial charge in [-0.1, -0.05) is 0 Å². The van der Waals surface area contributed by atoms with E-state index in [0.29, 0.717) is 13.2 Å². The number of nitrogens with one attached hydrogen (secondary N) is 1. The Bertz CT molecular complexity index is 223. The number of esters is 1. The number of halogens is 2. The maximum Gasteiger partial charge on any atom is 0.377 e. The van der Waals surface area contributed by atoms with E-state index in [0.717, 1.165) is 6.42 Å². The summed E-state index contributed by atoms with van der Waals surface area (Å²) in [5, 5.41) is 2.93. The van der Waals surface area contributed by atoms with Gasteiger partial charge in [0.25, 0.3) is 0 Å². The highest BCUT2D eigenvalue weighted by molar-refractivity contribution is 5.79. The third-order valence-corrected chi connectivity index (χ3v) is 2.13. The Hall–Kier alpha value is -0.750. The molecule has 1 N–H and O–H groups in total. The monoisotopic (exact) mass is 223 g/mol. The highest BCUT2D eigenvalue weighted by atomic mass is 19.3. The molecule has 1 rings (SSSR count). The average molecular weight is 223 g/mol. The van der Waals surface area contributed by atoms with Gasteiger partial charge in [0, 0.05) is 20.3 Å². The number of hydrogen-bond donors (Lipinski definition) is 1. The minimum Gasteiger partial charge on any atom is -0.456 e. The SMILES string of the molecule is COCCCNCC1CC(F)(F)C(=O)O1. The minimum absolute atomic E-state index is 0.269. The summed E-state index contributed by atoms with van der Waals surface area (Å²) in [5.41, 5.74) is 0. The summed E-state index contributed by atoms with van der Waals surface area (Å²) >= 11 is 0. The van der Waals surface area contributed by atoms with E-state index in [4.69, 9.17) is 4.74 Å². The van der Waals surface area contributed by atoms with Crippen molar-refractivity contribution < 1.29 is 23.0 Å². The first-order chi connectivity index (χ1) is 7.06. The molecule has 1 saturated heterocycles. The van der Waals surface area contributed by atoms with Crippen molar-refractivity contribution >= 4 is 5.97 Å². The van der Waals surface area contributed by atoms with Crippen LogP contribution < -0.4 is 5.32 Å². The number of hydrogen-bond acceptors (Lipinski definition) is 4. The van der Waals surface area contributed by atoms with E-state index in [1.807, 2.05) is 0 Å². The summed E-state index contributed by atoms with van der Waals surface area (Å²) in [6.45, 7) is 1.55. The molecule has 4 nitrogen and oxygen atoms in total. The zero-order valence-electron chi connectivity index (χ0n) is 8.59. The molecule has 1 atom stereocenters. The molecule has 0 aliphatic carbocycles. The quantitative estimate of drug-likeness (QED) is 0.528. The van der Waals surface area contributed by atoms with E-state index in [1.165, 1.54) is 0 Å². The van der Waals surface area contributed by atoms with Gasteiger partial charge in [-0.05, 0) is 13.0 Å². The summed E-state index contributed by atoms with van der Waals surface area (Å²) in [7, 11) is 1.60. The molecule has 0 amide bonds. The predicted octanol–water partition coefficient (Wildman–Crippen LogP) is 0.563. The second kappa shape index (κ2) is 5.37. The van der Waals surface area contributed by atoms with Gasteiger partial charge in [-0.3, -0.25) is 0 Å². The van der Waals surface area contributed by atoms with Gasteiger partial charge in [0.2, 0.25) is 0 Å². The zero-order chi connectivity index (χ0) is 11.3. The van der Waals surface area contributed by atoms with Crippen LogP contribution >= 0.6 is 0 Å². The zero-order valence-corrected chi connectivity index (χ0v) is 8.59. The van der Waals surface area contributed by atoms with Crippen molar-refractivity contribution in [2.24, 2.45) is 0 Å². The van der Waals surface area contributed by atoms with E-state index >= 15 is 0 Å². The number of methoxy groups -OCH3 is 1. The molecule has 1 fully saturated rings. The molecule has 1 aliphatic heterocycles. The molecule has 0 bridgehead atoms. The summed E-state index contributed by atoms with van der Waals surface area (Å²) in [6, 6.07) is 0. The topological polar surface area (TPSA) is 47.6 Å². The molecule has 88 valence electrons. The van der Waals surface area contributed by atoms with Crippen molar-refractivity contribution in [3.63, 3.8) is 0 Å². The number of carbonyl (C=O) groups excluding carboxylic acids is 1. The van der Waals surface area contributed by atoms with Crippen LogP contribution in [0.15, 0.2) is 0 Å². The Balaban J connectivity index is 2.11. The van der Waals surface area contributed by atoms with Crippen molar-refractivity contribution in [1.29, 1.82) is 0 Å². The number of ether oxygens (including phenoxy) is 2. The third-order valence-electron chi connectivity index (χ3n) is 2.13. The lowest BCUT2D eigenvalue weighted by molar-refractivity contribution is -0.159. The smallest absolute Gasteiger partial charge is 0.377 e. The van der Waals surface area contributed by atoms with E-state index in [-0.39, 0.29) is 6.54 Å². The van der Waals surface area contributed by atoms with Crippen LogP contribution in [0.4, 0.5) is 8.78 Å². The van der Waals surface area contributed by atoms with Crippen molar-refractivity contribution in [3.05, 3.63) is 0 Å². The molecule has 15 heavy (non-hydrogen) atoms. The van der Waals surface area contributed by atoms with Crippen molar-refractivity contribution in [2.45, 2.75) is 24.9 Å². The van der Waals surface area contributed by atoms with E-state index in [9.17, 15) is 13.6 Å². The Morgan fingerprint density at radius 3 is 2.93 bits per heavy atom. The van der Waals surface area contributed by atoms with Gasteiger partial charge in [0.05, 0.1) is 6.42 Å². The van der Waals surface area contributed by atoms with Gasteiger partial charge in [0.15, 0.2) is 0 Å². The van der Waals surface area contributed by atoms with Crippen LogP contribution in [0.25, 0.3) is 0 Å². The van der Waals surface area contributed by atoms with Gasteiger partial charge < -0.3 is 14.8 Å². The Labute approximate surface area is 86.9 Å². The Kier molecular flexibility index (Phi) is 4.41. The molecule has 0 aromatic carbocycles. The van der Waals surface area contributed by atoms with Crippen molar-refractivity contribution in [3.8, 4) is 0 Å². The molecular weight excluding hydrogens is 208 g/mol. The summed E-state index contributed by atoms with van der Waals surface area (Å²) in [6.07, 6.45) is -0.438. The minimum atomic E-state index is -3.31. The van der Waals surface area contributed by atoms with E-state index in [1.54, 1.807) is 7.11 Å². The van der Waals surface area contributed by atoms with E-state index < -0.39 is 24.4 Å². The number of alkyl halides is 2. The molecular formula is C9H15F2NO3. The maximum atomic E-state index is 12.7. The standard InChI is InChI=1S/C9H15F2NO3/c1-14-4-2-3-12-6-7-5-9(10,11)8(13)15-7/h7,12H,2-6H2,1H3. The van der Waals surface area contributed by atoms with Crippen molar-refractivity contribution in [1.82, 2.24) is 5.32 Å². The normalized spacial score (nSPS) is 24.2. The predicted molar refractivity (Wildman–Crippen MR) is 48.8 cm³/mol. The van der Waals surface area contributed by atoms with Crippen molar-refractivity contribution in [2.75, 3.05) is 26.8 Å². The van der Waals surface area contributed by atoms with Crippen LogP contribution in [0.3, 0.4) is 0 Å². The van der Waals surface area contributed by atoms with Gasteiger partial charge in [-0.25, -0.2) is 4.79 Å². The number of cyclic esters (lactones) is 1. The van der Waals surface area contributed by atoms with Gasteiger partial charge in [0.1, 0.15) is 6.10 Å². The summed E-state index contributed by atoms with van der Waals surface area (Å²) in [4.78, 5) is 10.6. The van der Waals surface area contributed by atoms with Crippen LogP contribution in [0.5, 0.6) is 0 Å². The first-order valence-corrected chi connectivity index (χ1v) is 4.85.